The van der Waals surface area contributed by atoms with Crippen molar-refractivity contribution in [1.82, 2.24) is 0 Å². The summed E-state index contributed by atoms with van der Waals surface area (Å²) >= 11 is 0. The molecule has 0 aliphatic carbocycles. The van der Waals surface area contributed by atoms with Crippen LogP contribution in [0.25, 0.3) is 0 Å². The van der Waals surface area contributed by atoms with E-state index >= 15 is 0 Å². The van der Waals surface area contributed by atoms with E-state index in [9.17, 15) is 14.9 Å². The number of anilines is 1. The van der Waals surface area contributed by atoms with E-state index in [-0.39, 0.29) is 11.6 Å². The molecule has 0 atom stereocenters. The predicted octanol–water partition coefficient (Wildman–Crippen LogP) is 1.86. The maximum Gasteiger partial charge on any atom is 0.272 e. The van der Waals surface area contributed by atoms with Gasteiger partial charge in [0.2, 0.25) is 5.91 Å². The fraction of sp³-hybridized carbons (Fsp3) is 0.222. The van der Waals surface area contributed by atoms with E-state index in [4.69, 9.17) is 0 Å². The summed E-state index contributed by atoms with van der Waals surface area (Å²) in [7, 11) is 0. The maximum absolute atomic E-state index is 10.7. The molecule has 0 aliphatic heterocycles. The summed E-state index contributed by atoms with van der Waals surface area (Å²) in [6.07, 6.45) is 0. The molecule has 0 aromatic heterocycles. The average Bonchev–Trinajstić information content (AvgIpc) is 2.01. The predicted molar refractivity (Wildman–Crippen MR) is 52.1 cm³/mol. The number of hydrogen-bond donors (Lipinski definition) is 1. The van der Waals surface area contributed by atoms with Crippen molar-refractivity contribution in [3.8, 4) is 0 Å². The molecule has 0 saturated heterocycles. The van der Waals surface area contributed by atoms with Crippen LogP contribution >= 0.6 is 0 Å². The standard InChI is InChI=1S/C9H10N2O3/c1-6-5-8(10-7(2)12)3-4-9(6)11(13)14/h3-5H,1-2H3,(H,10,12). The first-order valence-corrected chi connectivity index (χ1v) is 4.03. The second-order valence-corrected chi connectivity index (χ2v) is 2.94. The van der Waals surface area contributed by atoms with E-state index in [1.165, 1.54) is 19.1 Å². The number of hydrogen-bond acceptors (Lipinski definition) is 3. The molecule has 0 unspecified atom stereocenters. The lowest BCUT2D eigenvalue weighted by Gasteiger charge is -2.03. The van der Waals surface area contributed by atoms with Gasteiger partial charge >= 0.3 is 0 Å². The topological polar surface area (TPSA) is 72.2 Å². The summed E-state index contributed by atoms with van der Waals surface area (Å²) in [5, 5.41) is 13.0. The van der Waals surface area contributed by atoms with E-state index in [0.717, 1.165) is 0 Å². The van der Waals surface area contributed by atoms with E-state index in [1.807, 2.05) is 0 Å². The first-order chi connectivity index (χ1) is 6.50. The number of carbonyl (C=O) groups is 1. The van der Waals surface area contributed by atoms with Gasteiger partial charge in [0, 0.05) is 24.2 Å². The molecule has 0 aliphatic rings. The van der Waals surface area contributed by atoms with Crippen LogP contribution in [0.15, 0.2) is 18.2 Å². The Labute approximate surface area is 80.9 Å². The van der Waals surface area contributed by atoms with Crippen LogP contribution < -0.4 is 5.32 Å². The zero-order chi connectivity index (χ0) is 10.7. The highest BCUT2D eigenvalue weighted by Crippen LogP contribution is 2.21. The van der Waals surface area contributed by atoms with E-state index in [2.05, 4.69) is 5.32 Å². The molecule has 1 rings (SSSR count). The van der Waals surface area contributed by atoms with Crippen molar-refractivity contribution in [3.05, 3.63) is 33.9 Å². The molecule has 1 aromatic rings. The second kappa shape index (κ2) is 3.87. The summed E-state index contributed by atoms with van der Waals surface area (Å²) in [6, 6.07) is 4.45. The van der Waals surface area contributed by atoms with Crippen molar-refractivity contribution in [2.75, 3.05) is 5.32 Å². The molecule has 14 heavy (non-hydrogen) atoms. The van der Waals surface area contributed by atoms with Gasteiger partial charge in [0.1, 0.15) is 0 Å². The first-order valence-electron chi connectivity index (χ1n) is 4.03. The minimum Gasteiger partial charge on any atom is -0.326 e. The summed E-state index contributed by atoms with van der Waals surface area (Å²) in [6.45, 7) is 3.01. The van der Waals surface area contributed by atoms with Gasteiger partial charge in [0.15, 0.2) is 0 Å². The highest BCUT2D eigenvalue weighted by atomic mass is 16.6. The zero-order valence-electron chi connectivity index (χ0n) is 7.90. The third-order valence-corrected chi connectivity index (χ3v) is 1.71. The minimum absolute atomic E-state index is 0.0547. The Bertz CT molecular complexity index is 388. The lowest BCUT2D eigenvalue weighted by Crippen LogP contribution is -2.06. The summed E-state index contributed by atoms with van der Waals surface area (Å²) in [5.74, 6) is -0.196. The number of nitro groups is 1. The smallest absolute Gasteiger partial charge is 0.272 e. The Morgan fingerprint density at radius 3 is 2.57 bits per heavy atom. The zero-order valence-corrected chi connectivity index (χ0v) is 7.90. The number of nitrogens with one attached hydrogen (secondary N) is 1. The fourth-order valence-electron chi connectivity index (χ4n) is 1.14. The van der Waals surface area contributed by atoms with Crippen molar-refractivity contribution in [2.24, 2.45) is 0 Å². The largest absolute Gasteiger partial charge is 0.326 e. The Balaban J connectivity index is 3.00. The Kier molecular flexibility index (Phi) is 2.81. The first kappa shape index (κ1) is 10.2. The van der Waals surface area contributed by atoms with Gasteiger partial charge in [0.25, 0.3) is 5.69 Å². The van der Waals surface area contributed by atoms with Crippen LogP contribution in [0.3, 0.4) is 0 Å². The van der Waals surface area contributed by atoms with Crippen LogP contribution in [0.2, 0.25) is 0 Å². The number of nitrogens with zero attached hydrogens (tertiary/aromatic N) is 1. The van der Waals surface area contributed by atoms with Gasteiger partial charge in [-0.05, 0) is 19.1 Å². The van der Waals surface area contributed by atoms with Crippen molar-refractivity contribution < 1.29 is 9.72 Å². The quantitative estimate of drug-likeness (QED) is 0.576. The summed E-state index contributed by atoms with van der Waals surface area (Å²) < 4.78 is 0. The van der Waals surface area contributed by atoms with Gasteiger partial charge in [-0.2, -0.15) is 0 Å². The lowest BCUT2D eigenvalue weighted by atomic mass is 10.2. The molecule has 0 bridgehead atoms. The Morgan fingerprint density at radius 2 is 2.14 bits per heavy atom. The molecule has 0 radical (unpaired) electrons. The van der Waals surface area contributed by atoms with Gasteiger partial charge in [-0.1, -0.05) is 0 Å². The molecular weight excluding hydrogens is 184 g/mol. The number of nitro benzene ring substituents is 1. The average molecular weight is 194 g/mol. The Morgan fingerprint density at radius 1 is 1.50 bits per heavy atom. The summed E-state index contributed by atoms with van der Waals surface area (Å²) in [4.78, 5) is 20.7. The maximum atomic E-state index is 10.7. The number of rotatable bonds is 2. The molecule has 0 spiro atoms. The molecule has 0 heterocycles. The van der Waals surface area contributed by atoms with Crippen LogP contribution in [0.1, 0.15) is 12.5 Å². The monoisotopic (exact) mass is 194 g/mol. The molecular formula is C9H10N2O3. The summed E-state index contributed by atoms with van der Waals surface area (Å²) in [5.41, 5.74) is 1.15. The molecule has 5 nitrogen and oxygen atoms in total. The molecule has 0 fully saturated rings. The number of benzene rings is 1. The number of amides is 1. The lowest BCUT2D eigenvalue weighted by molar-refractivity contribution is -0.385. The van der Waals surface area contributed by atoms with Gasteiger partial charge < -0.3 is 5.32 Å². The van der Waals surface area contributed by atoms with Crippen LogP contribution in [-0.2, 0) is 4.79 Å². The van der Waals surface area contributed by atoms with Gasteiger partial charge in [-0.3, -0.25) is 14.9 Å². The normalized spacial score (nSPS) is 9.57. The van der Waals surface area contributed by atoms with Crippen LogP contribution in [-0.4, -0.2) is 10.8 Å². The molecule has 0 saturated carbocycles. The molecule has 1 amide bonds. The second-order valence-electron chi connectivity index (χ2n) is 2.94. The molecule has 1 aromatic carbocycles. The SMILES string of the molecule is CC(=O)Nc1ccc([N+](=O)[O-])c(C)c1. The third kappa shape index (κ3) is 2.29. The molecule has 1 N–H and O–H groups in total. The minimum atomic E-state index is -0.452. The van der Waals surface area contributed by atoms with Crippen molar-refractivity contribution in [3.63, 3.8) is 0 Å². The van der Waals surface area contributed by atoms with Crippen LogP contribution in [0.5, 0.6) is 0 Å². The van der Waals surface area contributed by atoms with Gasteiger partial charge in [-0.25, -0.2) is 0 Å². The molecule has 5 heteroatoms. The molecule has 74 valence electrons. The Hall–Kier alpha value is -1.91. The highest BCUT2D eigenvalue weighted by Gasteiger charge is 2.09. The van der Waals surface area contributed by atoms with Crippen LogP contribution in [0.4, 0.5) is 11.4 Å². The fourth-order valence-corrected chi connectivity index (χ4v) is 1.14. The van der Waals surface area contributed by atoms with E-state index in [0.29, 0.717) is 11.3 Å². The van der Waals surface area contributed by atoms with E-state index < -0.39 is 4.92 Å². The third-order valence-electron chi connectivity index (χ3n) is 1.71. The number of carbonyl (C=O) groups excluding carboxylic acids is 1. The van der Waals surface area contributed by atoms with Crippen LogP contribution in [0, 0.1) is 17.0 Å². The van der Waals surface area contributed by atoms with Gasteiger partial charge in [-0.15, -0.1) is 0 Å². The highest BCUT2D eigenvalue weighted by molar-refractivity contribution is 5.88. The van der Waals surface area contributed by atoms with Crippen molar-refractivity contribution in [1.29, 1.82) is 0 Å². The van der Waals surface area contributed by atoms with E-state index in [1.54, 1.807) is 13.0 Å². The van der Waals surface area contributed by atoms with Gasteiger partial charge in [0.05, 0.1) is 4.92 Å². The number of aryl methyl sites for hydroxylation is 1. The van der Waals surface area contributed by atoms with Crippen molar-refractivity contribution in [2.45, 2.75) is 13.8 Å². The van der Waals surface area contributed by atoms with Crippen molar-refractivity contribution >= 4 is 17.3 Å².